The van der Waals surface area contributed by atoms with Crippen molar-refractivity contribution in [3.63, 3.8) is 0 Å². The number of hydrogen-bond donors (Lipinski definition) is 5. The van der Waals surface area contributed by atoms with Gasteiger partial charge in [-0.1, -0.05) is 60.7 Å². The van der Waals surface area contributed by atoms with Crippen molar-refractivity contribution < 1.29 is 38.2 Å². The minimum absolute atomic E-state index is 0.0607. The lowest BCUT2D eigenvalue weighted by atomic mass is 10.0. The first-order valence-corrected chi connectivity index (χ1v) is 17.0. The van der Waals surface area contributed by atoms with Crippen molar-refractivity contribution in [1.82, 2.24) is 21.3 Å². The molecule has 6 rings (SSSR count). The third-order valence-electron chi connectivity index (χ3n) is 8.17. The Morgan fingerprint density at radius 3 is 2.06 bits per heavy atom. The third kappa shape index (κ3) is 10.5. The molecule has 50 heavy (non-hydrogen) atoms. The molecule has 13 heteroatoms. The van der Waals surface area contributed by atoms with E-state index < -0.39 is 66.2 Å². The number of carboxylic acids is 1. The fraction of sp³-hybridized carbons (Fsp3) is 0.270. The Morgan fingerprint density at radius 2 is 1.40 bits per heavy atom. The van der Waals surface area contributed by atoms with E-state index in [1.54, 1.807) is 24.3 Å². The highest BCUT2D eigenvalue weighted by Gasteiger charge is 2.32. The van der Waals surface area contributed by atoms with E-state index in [0.29, 0.717) is 23.3 Å². The zero-order valence-electron chi connectivity index (χ0n) is 27.0. The number of amides is 4. The van der Waals surface area contributed by atoms with Gasteiger partial charge >= 0.3 is 5.97 Å². The van der Waals surface area contributed by atoms with Crippen LogP contribution in [0.15, 0.2) is 96.4 Å². The lowest BCUT2D eigenvalue weighted by Gasteiger charge is -2.26. The van der Waals surface area contributed by atoms with Gasteiger partial charge in [-0.25, -0.2) is 9.18 Å². The molecular formula is C37H37FN4O7S. The lowest BCUT2D eigenvalue weighted by Crippen LogP contribution is -2.59. The molecule has 4 amide bonds. The molecule has 0 radical (unpaired) electrons. The van der Waals surface area contributed by atoms with Gasteiger partial charge in [0.1, 0.15) is 35.7 Å². The maximum Gasteiger partial charge on any atom is 0.326 e. The van der Waals surface area contributed by atoms with Gasteiger partial charge in [0.2, 0.25) is 17.7 Å². The molecule has 0 saturated heterocycles. The van der Waals surface area contributed by atoms with E-state index in [1.807, 2.05) is 47.8 Å². The second kappa shape index (κ2) is 17.2. The first-order chi connectivity index (χ1) is 24.1. The number of ether oxygens (including phenoxy) is 1. The van der Waals surface area contributed by atoms with Crippen molar-refractivity contribution in [2.45, 2.75) is 56.3 Å². The van der Waals surface area contributed by atoms with Gasteiger partial charge < -0.3 is 31.1 Å². The Kier molecular flexibility index (Phi) is 12.3. The molecule has 0 saturated carbocycles. The van der Waals surface area contributed by atoms with Crippen LogP contribution in [0.1, 0.15) is 28.0 Å². The topological polar surface area (TPSA) is 163 Å². The van der Waals surface area contributed by atoms with Gasteiger partial charge in [-0.05, 0) is 65.2 Å². The average molecular weight is 701 g/mol. The predicted molar refractivity (Wildman–Crippen MR) is 184 cm³/mol. The number of nitrogens with one attached hydrogen (secondary N) is 4. The van der Waals surface area contributed by atoms with E-state index in [1.165, 1.54) is 35.6 Å². The van der Waals surface area contributed by atoms with Crippen LogP contribution in [0.5, 0.6) is 5.75 Å². The molecule has 4 atom stereocenters. The predicted octanol–water partition coefficient (Wildman–Crippen LogP) is 2.96. The SMILES string of the molecule is O=C1COc2ccc(cc2)C[C@@H](C(=O)O)NC(=O)[C@@H](CCc2ccccc2)NC(=O)[C@H](Cc2ccc(F)cc2)NC(=O)C(Cc2cccs2)N1. The van der Waals surface area contributed by atoms with Crippen LogP contribution in [0.2, 0.25) is 0 Å². The molecule has 2 aliphatic heterocycles. The second-order valence-electron chi connectivity index (χ2n) is 11.9. The molecule has 1 aromatic heterocycles. The van der Waals surface area contributed by atoms with Gasteiger partial charge in [0.05, 0.1) is 0 Å². The quantitative estimate of drug-likeness (QED) is 0.177. The molecule has 4 aromatic rings. The number of carbonyl (C=O) groups excluding carboxylic acids is 4. The van der Waals surface area contributed by atoms with Crippen molar-refractivity contribution >= 4 is 40.9 Å². The van der Waals surface area contributed by atoms with Gasteiger partial charge in [0.25, 0.3) is 5.91 Å². The van der Waals surface area contributed by atoms with Crippen LogP contribution in [-0.4, -0.2) is 65.5 Å². The Balaban J connectivity index is 1.48. The number of hydrogen-bond acceptors (Lipinski definition) is 7. The summed E-state index contributed by atoms with van der Waals surface area (Å²) in [5.41, 5.74) is 2.01. The third-order valence-corrected chi connectivity index (χ3v) is 9.07. The van der Waals surface area contributed by atoms with E-state index >= 15 is 0 Å². The summed E-state index contributed by atoms with van der Waals surface area (Å²) >= 11 is 1.40. The number of carboxylic acid groups (broad SMARTS) is 1. The van der Waals surface area contributed by atoms with Gasteiger partial charge in [0, 0.05) is 24.1 Å². The number of carbonyl (C=O) groups is 5. The van der Waals surface area contributed by atoms with Crippen molar-refractivity contribution in [1.29, 1.82) is 0 Å². The van der Waals surface area contributed by atoms with Crippen molar-refractivity contribution in [2.24, 2.45) is 0 Å². The van der Waals surface area contributed by atoms with Crippen LogP contribution in [0.25, 0.3) is 0 Å². The zero-order chi connectivity index (χ0) is 35.5. The lowest BCUT2D eigenvalue weighted by molar-refractivity contribution is -0.142. The molecule has 3 aromatic carbocycles. The maximum absolute atomic E-state index is 14.0. The summed E-state index contributed by atoms with van der Waals surface area (Å²) in [6.07, 6.45) is 0.498. The number of aliphatic carboxylic acids is 1. The summed E-state index contributed by atoms with van der Waals surface area (Å²) in [5, 5.41) is 22.6. The first-order valence-electron chi connectivity index (χ1n) is 16.1. The molecule has 0 fully saturated rings. The Bertz CT molecular complexity index is 1770. The highest BCUT2D eigenvalue weighted by atomic mass is 32.1. The van der Waals surface area contributed by atoms with Gasteiger partial charge in [-0.2, -0.15) is 0 Å². The smallest absolute Gasteiger partial charge is 0.326 e. The van der Waals surface area contributed by atoms with E-state index in [0.717, 1.165) is 10.4 Å². The number of rotatable bonds is 8. The summed E-state index contributed by atoms with van der Waals surface area (Å²) < 4.78 is 19.4. The zero-order valence-corrected chi connectivity index (χ0v) is 27.8. The molecule has 2 aliphatic rings. The molecule has 260 valence electrons. The molecule has 0 spiro atoms. The number of fused-ring (bicyclic) bond motifs is 16. The monoisotopic (exact) mass is 700 g/mol. The summed E-state index contributed by atoms with van der Waals surface area (Å²) in [5.74, 6) is -4.09. The van der Waals surface area contributed by atoms with Crippen LogP contribution in [0, 0.1) is 5.82 Å². The molecule has 3 heterocycles. The Labute approximate surface area is 292 Å². The summed E-state index contributed by atoms with van der Waals surface area (Å²) in [6.45, 7) is -0.413. The van der Waals surface area contributed by atoms with Crippen molar-refractivity contribution in [3.05, 3.63) is 124 Å². The largest absolute Gasteiger partial charge is 0.484 e. The first kappa shape index (κ1) is 35.7. The number of benzene rings is 3. The summed E-state index contributed by atoms with van der Waals surface area (Å²) in [4.78, 5) is 67.7. The van der Waals surface area contributed by atoms with Gasteiger partial charge in [-0.15, -0.1) is 11.3 Å². The summed E-state index contributed by atoms with van der Waals surface area (Å²) in [6, 6.07) is 19.9. The molecule has 0 aliphatic carbocycles. The molecular weight excluding hydrogens is 663 g/mol. The van der Waals surface area contributed by atoms with E-state index in [-0.39, 0.29) is 25.7 Å². The van der Waals surface area contributed by atoms with Gasteiger partial charge in [-0.3, -0.25) is 19.2 Å². The second-order valence-corrected chi connectivity index (χ2v) is 12.9. The van der Waals surface area contributed by atoms with Crippen LogP contribution < -0.4 is 26.0 Å². The highest BCUT2D eigenvalue weighted by Crippen LogP contribution is 2.16. The maximum atomic E-state index is 14.0. The van der Waals surface area contributed by atoms with Crippen LogP contribution >= 0.6 is 11.3 Å². The fourth-order valence-corrected chi connectivity index (χ4v) is 6.24. The number of aryl methyl sites for hydroxylation is 1. The fourth-order valence-electron chi connectivity index (χ4n) is 5.49. The Hall–Kier alpha value is -5.56. The van der Waals surface area contributed by atoms with Crippen molar-refractivity contribution in [2.75, 3.05) is 6.61 Å². The number of halogens is 1. The van der Waals surface area contributed by atoms with E-state index in [4.69, 9.17) is 4.74 Å². The van der Waals surface area contributed by atoms with E-state index in [2.05, 4.69) is 21.3 Å². The summed E-state index contributed by atoms with van der Waals surface area (Å²) in [7, 11) is 0. The van der Waals surface area contributed by atoms with Crippen molar-refractivity contribution in [3.8, 4) is 5.75 Å². The molecule has 5 N–H and O–H groups in total. The van der Waals surface area contributed by atoms with Crippen LogP contribution in [-0.2, 0) is 49.7 Å². The highest BCUT2D eigenvalue weighted by molar-refractivity contribution is 7.09. The van der Waals surface area contributed by atoms with Crippen LogP contribution in [0.4, 0.5) is 4.39 Å². The normalized spacial score (nSPS) is 20.6. The minimum Gasteiger partial charge on any atom is -0.484 e. The number of thiophene rings is 1. The van der Waals surface area contributed by atoms with Gasteiger partial charge in [0.15, 0.2) is 6.61 Å². The molecule has 2 bridgehead atoms. The minimum atomic E-state index is -1.33. The molecule has 1 unspecified atom stereocenters. The Morgan fingerprint density at radius 1 is 0.740 bits per heavy atom. The van der Waals surface area contributed by atoms with Crippen LogP contribution in [0.3, 0.4) is 0 Å². The average Bonchev–Trinajstić information content (AvgIpc) is 3.63. The molecule has 11 nitrogen and oxygen atoms in total. The standard InChI is InChI=1S/C37H37FN4O7S/c38-26-13-8-24(9-14-26)19-30-35(45)40-29(17-12-23-5-2-1-3-6-23)34(44)42-32(37(47)48)20-25-10-15-27(16-11-25)49-22-33(43)39-31(36(46)41-30)21-28-7-4-18-50-28/h1-11,13-16,18,29-32H,12,17,19-22H2,(H,39,43)(H,40,45)(H,41,46)(H,42,44)(H,47,48)/t29-,30+,31?,32+/m1/s1. The van der Waals surface area contributed by atoms with E-state index in [9.17, 15) is 33.5 Å².